The van der Waals surface area contributed by atoms with Crippen LogP contribution in [0.15, 0.2) is 23.3 Å². The van der Waals surface area contributed by atoms with Crippen molar-refractivity contribution in [1.82, 2.24) is 20.1 Å². The number of carbonyl (C=O) groups is 1. The van der Waals surface area contributed by atoms with E-state index in [1.807, 2.05) is 44.0 Å². The van der Waals surface area contributed by atoms with Gasteiger partial charge in [0.2, 0.25) is 5.88 Å². The minimum absolute atomic E-state index is 0. The molecule has 3 rings (SSSR count). The van der Waals surface area contributed by atoms with Crippen molar-refractivity contribution in [2.75, 3.05) is 33.8 Å². The number of likely N-dealkylation sites (tertiary alicyclic amines) is 1. The molecule has 1 saturated heterocycles. The van der Waals surface area contributed by atoms with E-state index in [0.29, 0.717) is 18.3 Å². The Hall–Kier alpha value is -1.78. The Balaban J connectivity index is 0.00000363. The summed E-state index contributed by atoms with van der Waals surface area (Å²) in [5.41, 5.74) is 0.597. The standard InChI is InChI=1S/C23H37N5O3.HI/c1-23(2,3)31-22(29)28(16-17-6-7-17)19-10-12-27(13-11-19)21(24-4)26-15-18-8-9-20(30-5)25-14-18;/h8-9,14,17,19H,6-7,10-13,15-16H2,1-5H3,(H,24,26);1H. The molecule has 0 bridgehead atoms. The lowest BCUT2D eigenvalue weighted by atomic mass is 10.0. The fraction of sp³-hybridized carbons (Fsp3) is 0.696. The zero-order valence-electron chi connectivity index (χ0n) is 20.0. The zero-order chi connectivity index (χ0) is 22.4. The van der Waals surface area contributed by atoms with Gasteiger partial charge < -0.3 is 24.6 Å². The third-order valence-electron chi connectivity index (χ3n) is 5.65. The highest BCUT2D eigenvalue weighted by Crippen LogP contribution is 2.32. The molecule has 2 aliphatic rings. The summed E-state index contributed by atoms with van der Waals surface area (Å²) in [6, 6.07) is 4.07. The van der Waals surface area contributed by atoms with Crippen LogP contribution in [0.3, 0.4) is 0 Å². The third-order valence-corrected chi connectivity index (χ3v) is 5.65. The average molecular weight is 559 g/mol. The molecule has 1 aromatic heterocycles. The van der Waals surface area contributed by atoms with Gasteiger partial charge in [0.1, 0.15) is 5.60 Å². The van der Waals surface area contributed by atoms with Crippen molar-refractivity contribution >= 4 is 36.0 Å². The molecule has 1 aliphatic carbocycles. The van der Waals surface area contributed by atoms with E-state index >= 15 is 0 Å². The van der Waals surface area contributed by atoms with Crippen LogP contribution in [0, 0.1) is 5.92 Å². The summed E-state index contributed by atoms with van der Waals surface area (Å²) in [5.74, 6) is 2.12. The lowest BCUT2D eigenvalue weighted by Gasteiger charge is -2.40. The molecule has 1 aromatic rings. The van der Waals surface area contributed by atoms with E-state index < -0.39 is 5.60 Å². The van der Waals surface area contributed by atoms with E-state index in [9.17, 15) is 4.79 Å². The van der Waals surface area contributed by atoms with Gasteiger partial charge in [0.05, 0.1) is 7.11 Å². The smallest absolute Gasteiger partial charge is 0.410 e. The van der Waals surface area contributed by atoms with Crippen LogP contribution in [-0.2, 0) is 11.3 Å². The molecule has 2 fully saturated rings. The third kappa shape index (κ3) is 7.97. The van der Waals surface area contributed by atoms with E-state index in [-0.39, 0.29) is 36.1 Å². The van der Waals surface area contributed by atoms with Crippen LogP contribution in [0.2, 0.25) is 0 Å². The van der Waals surface area contributed by atoms with Crippen molar-refractivity contribution in [3.63, 3.8) is 0 Å². The molecule has 0 unspecified atom stereocenters. The number of ether oxygens (including phenoxy) is 2. The van der Waals surface area contributed by atoms with Gasteiger partial charge in [-0.15, -0.1) is 24.0 Å². The number of nitrogens with one attached hydrogen (secondary N) is 1. The Morgan fingerprint density at radius 3 is 2.44 bits per heavy atom. The van der Waals surface area contributed by atoms with Crippen LogP contribution < -0.4 is 10.1 Å². The quantitative estimate of drug-likeness (QED) is 0.324. The number of amides is 1. The molecule has 180 valence electrons. The minimum atomic E-state index is -0.470. The second kappa shape index (κ2) is 11.9. The van der Waals surface area contributed by atoms with Crippen molar-refractivity contribution in [2.24, 2.45) is 10.9 Å². The SMILES string of the molecule is CN=C(NCc1ccc(OC)nc1)N1CCC(N(CC2CC2)C(=O)OC(C)(C)C)CC1.I. The van der Waals surface area contributed by atoms with Gasteiger partial charge in [-0.3, -0.25) is 4.99 Å². The summed E-state index contributed by atoms with van der Waals surface area (Å²) in [5, 5.41) is 3.42. The van der Waals surface area contributed by atoms with Gasteiger partial charge in [-0.05, 0) is 57.9 Å². The first-order chi connectivity index (χ1) is 14.8. The molecule has 9 heteroatoms. The maximum atomic E-state index is 12.8. The van der Waals surface area contributed by atoms with Gasteiger partial charge in [-0.25, -0.2) is 9.78 Å². The highest BCUT2D eigenvalue weighted by atomic mass is 127. The first-order valence-electron chi connectivity index (χ1n) is 11.2. The Morgan fingerprint density at radius 2 is 1.94 bits per heavy atom. The van der Waals surface area contributed by atoms with Gasteiger partial charge in [0.15, 0.2) is 5.96 Å². The van der Waals surface area contributed by atoms with Crippen molar-refractivity contribution in [3.05, 3.63) is 23.9 Å². The number of aromatic nitrogens is 1. The van der Waals surface area contributed by atoms with Crippen molar-refractivity contribution in [3.8, 4) is 5.88 Å². The summed E-state index contributed by atoms with van der Waals surface area (Å²) >= 11 is 0. The van der Waals surface area contributed by atoms with Crippen LogP contribution >= 0.6 is 24.0 Å². The number of methoxy groups -OCH3 is 1. The molecule has 2 heterocycles. The highest BCUT2D eigenvalue weighted by Gasteiger charge is 2.35. The van der Waals surface area contributed by atoms with Crippen LogP contribution in [0.1, 0.15) is 52.0 Å². The molecular weight excluding hydrogens is 521 g/mol. The number of aliphatic imine (C=N–C) groups is 1. The van der Waals surface area contributed by atoms with E-state index in [4.69, 9.17) is 9.47 Å². The Labute approximate surface area is 209 Å². The Kier molecular flexibility index (Phi) is 9.84. The maximum Gasteiger partial charge on any atom is 0.410 e. The molecule has 0 radical (unpaired) electrons. The lowest BCUT2D eigenvalue weighted by Crippen LogP contribution is -2.52. The van der Waals surface area contributed by atoms with Gasteiger partial charge in [-0.1, -0.05) is 6.07 Å². The van der Waals surface area contributed by atoms with Crippen molar-refractivity contribution in [1.29, 1.82) is 0 Å². The number of carbonyl (C=O) groups excluding carboxylic acids is 1. The first-order valence-corrected chi connectivity index (χ1v) is 11.2. The van der Waals surface area contributed by atoms with Crippen molar-refractivity contribution in [2.45, 2.75) is 64.6 Å². The molecular formula is C23H38IN5O3. The zero-order valence-corrected chi connectivity index (χ0v) is 22.3. The summed E-state index contributed by atoms with van der Waals surface area (Å²) in [6.07, 6.45) is 5.90. The molecule has 0 atom stereocenters. The second-order valence-electron chi connectivity index (χ2n) is 9.40. The van der Waals surface area contributed by atoms with E-state index in [1.54, 1.807) is 14.2 Å². The maximum absolute atomic E-state index is 12.8. The number of rotatable bonds is 6. The topological polar surface area (TPSA) is 79.3 Å². The number of halogens is 1. The van der Waals surface area contributed by atoms with Gasteiger partial charge in [0.25, 0.3) is 0 Å². The van der Waals surface area contributed by atoms with E-state index in [2.05, 4.69) is 20.2 Å². The van der Waals surface area contributed by atoms with Gasteiger partial charge >= 0.3 is 6.09 Å². The molecule has 1 amide bonds. The predicted molar refractivity (Wildman–Crippen MR) is 137 cm³/mol. The fourth-order valence-corrected chi connectivity index (χ4v) is 3.81. The summed E-state index contributed by atoms with van der Waals surface area (Å²) < 4.78 is 10.8. The summed E-state index contributed by atoms with van der Waals surface area (Å²) in [6.45, 7) is 8.96. The molecule has 1 aliphatic heterocycles. The summed E-state index contributed by atoms with van der Waals surface area (Å²) in [4.78, 5) is 25.8. The molecule has 32 heavy (non-hydrogen) atoms. The van der Waals surface area contributed by atoms with Gasteiger partial charge in [0, 0.05) is 51.5 Å². The predicted octanol–water partition coefficient (Wildman–Crippen LogP) is 3.90. The molecule has 1 saturated carbocycles. The van der Waals surface area contributed by atoms with Crippen molar-refractivity contribution < 1.29 is 14.3 Å². The molecule has 1 N–H and O–H groups in total. The van der Waals surface area contributed by atoms with Crippen LogP contribution in [-0.4, -0.2) is 72.3 Å². The number of guanidine groups is 1. The van der Waals surface area contributed by atoms with Crippen LogP contribution in [0.25, 0.3) is 0 Å². The minimum Gasteiger partial charge on any atom is -0.481 e. The Bertz CT molecular complexity index is 754. The fourth-order valence-electron chi connectivity index (χ4n) is 3.81. The van der Waals surface area contributed by atoms with E-state index in [0.717, 1.165) is 44.0 Å². The number of hydrogen-bond acceptors (Lipinski definition) is 5. The summed E-state index contributed by atoms with van der Waals surface area (Å²) in [7, 11) is 3.42. The number of piperidine rings is 1. The lowest BCUT2D eigenvalue weighted by molar-refractivity contribution is 0.00928. The normalized spacial score (nSPS) is 17.4. The largest absolute Gasteiger partial charge is 0.481 e. The number of hydrogen-bond donors (Lipinski definition) is 1. The first kappa shape index (κ1) is 26.5. The number of nitrogens with zero attached hydrogens (tertiary/aromatic N) is 4. The van der Waals surface area contributed by atoms with E-state index in [1.165, 1.54) is 12.8 Å². The number of pyridine rings is 1. The van der Waals surface area contributed by atoms with Crippen LogP contribution in [0.5, 0.6) is 5.88 Å². The Morgan fingerprint density at radius 1 is 1.25 bits per heavy atom. The van der Waals surface area contributed by atoms with Gasteiger partial charge in [-0.2, -0.15) is 0 Å². The molecule has 0 aromatic carbocycles. The second-order valence-corrected chi connectivity index (χ2v) is 9.40. The molecule has 8 nitrogen and oxygen atoms in total. The monoisotopic (exact) mass is 559 g/mol. The molecule has 0 spiro atoms. The highest BCUT2D eigenvalue weighted by molar-refractivity contribution is 14.0. The van der Waals surface area contributed by atoms with Crippen LogP contribution in [0.4, 0.5) is 4.79 Å². The average Bonchev–Trinajstić information content (AvgIpc) is 3.56.